The second-order valence-corrected chi connectivity index (χ2v) is 7.94. The van der Waals surface area contributed by atoms with Crippen molar-refractivity contribution in [2.45, 2.75) is 56.5 Å². The maximum Gasteiger partial charge on any atom is 0.242 e. The molecule has 1 heterocycles. The van der Waals surface area contributed by atoms with E-state index in [-0.39, 0.29) is 17.1 Å². The van der Waals surface area contributed by atoms with Crippen molar-refractivity contribution in [2.75, 3.05) is 18.6 Å². The summed E-state index contributed by atoms with van der Waals surface area (Å²) in [6.45, 7) is 4.75. The molecule has 0 bridgehead atoms. The topological polar surface area (TPSA) is 37.4 Å². The average molecular weight is 303 g/mol. The number of carbonyl (C=O) groups excluding carboxylic acids is 2. The Labute approximate surface area is 125 Å². The fourth-order valence-electron chi connectivity index (χ4n) is 2.19. The van der Waals surface area contributed by atoms with Crippen molar-refractivity contribution in [3.05, 3.63) is 0 Å². The molecule has 1 aliphatic heterocycles. The van der Waals surface area contributed by atoms with Crippen molar-refractivity contribution < 1.29 is 9.59 Å². The molecule has 1 fully saturated rings. The first-order valence-corrected chi connectivity index (χ1v) is 9.38. The van der Waals surface area contributed by atoms with Crippen molar-refractivity contribution in [1.29, 1.82) is 0 Å². The normalized spacial score (nSPS) is 19.8. The second-order valence-electron chi connectivity index (χ2n) is 5.17. The molecule has 0 N–H and O–H groups in total. The number of likely N-dealkylation sites (tertiary alicyclic amines) is 1. The molecular weight excluding hydrogens is 278 g/mol. The van der Waals surface area contributed by atoms with Gasteiger partial charge in [0.15, 0.2) is 0 Å². The van der Waals surface area contributed by atoms with Crippen molar-refractivity contribution in [1.82, 2.24) is 4.90 Å². The van der Waals surface area contributed by atoms with Gasteiger partial charge in [-0.15, -0.1) is 11.8 Å². The minimum absolute atomic E-state index is 0.0206. The molecule has 0 aromatic carbocycles. The summed E-state index contributed by atoms with van der Waals surface area (Å²) < 4.78 is 0. The number of nitrogens with zero attached hydrogens (tertiary/aromatic N) is 1. The van der Waals surface area contributed by atoms with Gasteiger partial charge >= 0.3 is 0 Å². The molecular formula is C14H25NO2S2. The van der Waals surface area contributed by atoms with Crippen LogP contribution in [0.3, 0.4) is 0 Å². The van der Waals surface area contributed by atoms with Gasteiger partial charge in [-0.25, -0.2) is 0 Å². The van der Waals surface area contributed by atoms with Crippen molar-refractivity contribution >= 4 is 35.3 Å². The summed E-state index contributed by atoms with van der Waals surface area (Å²) in [5.41, 5.74) is 0. The fourth-order valence-corrected chi connectivity index (χ4v) is 3.82. The van der Waals surface area contributed by atoms with Gasteiger partial charge in [0.2, 0.25) is 11.8 Å². The molecule has 1 rings (SSSR count). The maximum absolute atomic E-state index is 12.1. The van der Waals surface area contributed by atoms with E-state index in [4.69, 9.17) is 0 Å². The molecule has 0 aliphatic carbocycles. The SMILES string of the molecule is CSCCCCCCN1C(=O)CC(SC(C)C)C1=O. The molecule has 0 aromatic rings. The van der Waals surface area contributed by atoms with Gasteiger partial charge in [-0.05, 0) is 30.1 Å². The minimum atomic E-state index is -0.135. The van der Waals surface area contributed by atoms with Crippen LogP contribution in [-0.2, 0) is 9.59 Å². The molecule has 19 heavy (non-hydrogen) atoms. The van der Waals surface area contributed by atoms with Gasteiger partial charge in [0.1, 0.15) is 0 Å². The quantitative estimate of drug-likeness (QED) is 0.484. The third-order valence-corrected chi connectivity index (χ3v) is 5.06. The highest BCUT2D eigenvalue weighted by atomic mass is 32.2. The summed E-state index contributed by atoms with van der Waals surface area (Å²) in [5, 5.41) is 0.261. The van der Waals surface area contributed by atoms with E-state index in [0.717, 1.165) is 12.8 Å². The van der Waals surface area contributed by atoms with Crippen LogP contribution in [0.25, 0.3) is 0 Å². The number of rotatable bonds is 9. The maximum atomic E-state index is 12.1. The van der Waals surface area contributed by atoms with Gasteiger partial charge in [0.05, 0.1) is 5.25 Å². The summed E-state index contributed by atoms with van der Waals surface area (Å²) in [6, 6.07) is 0. The van der Waals surface area contributed by atoms with Crippen LogP contribution in [0.4, 0.5) is 0 Å². The highest BCUT2D eigenvalue weighted by Gasteiger charge is 2.38. The minimum Gasteiger partial charge on any atom is -0.282 e. The summed E-state index contributed by atoms with van der Waals surface area (Å²) in [6.07, 6.45) is 7.00. The average Bonchev–Trinajstić information content (AvgIpc) is 2.59. The van der Waals surface area contributed by atoms with Crippen LogP contribution in [-0.4, -0.2) is 45.8 Å². The summed E-state index contributed by atoms with van der Waals surface area (Å²) in [7, 11) is 0. The lowest BCUT2D eigenvalue weighted by Gasteiger charge is -2.15. The van der Waals surface area contributed by atoms with Gasteiger partial charge < -0.3 is 0 Å². The van der Waals surface area contributed by atoms with E-state index < -0.39 is 0 Å². The van der Waals surface area contributed by atoms with Crippen LogP contribution in [0.2, 0.25) is 0 Å². The Morgan fingerprint density at radius 1 is 1.21 bits per heavy atom. The molecule has 2 amide bonds. The highest BCUT2D eigenvalue weighted by molar-refractivity contribution is 8.01. The first-order valence-electron chi connectivity index (χ1n) is 7.05. The number of hydrogen-bond acceptors (Lipinski definition) is 4. The van der Waals surface area contributed by atoms with E-state index in [1.807, 2.05) is 11.8 Å². The Morgan fingerprint density at radius 2 is 1.89 bits per heavy atom. The lowest BCUT2D eigenvalue weighted by molar-refractivity contribution is -0.138. The van der Waals surface area contributed by atoms with Gasteiger partial charge in [0.25, 0.3) is 0 Å². The molecule has 0 radical (unpaired) electrons. The predicted octanol–water partition coefficient (Wildman–Crippen LogP) is 3.18. The van der Waals surface area contributed by atoms with Crippen molar-refractivity contribution in [2.24, 2.45) is 0 Å². The first-order chi connectivity index (χ1) is 9.06. The Morgan fingerprint density at radius 3 is 2.53 bits per heavy atom. The monoisotopic (exact) mass is 303 g/mol. The zero-order valence-electron chi connectivity index (χ0n) is 12.2. The van der Waals surface area contributed by atoms with Gasteiger partial charge in [0, 0.05) is 13.0 Å². The Kier molecular flexibility index (Phi) is 7.91. The summed E-state index contributed by atoms with van der Waals surface area (Å²) in [5.74, 6) is 1.26. The lowest BCUT2D eigenvalue weighted by Crippen LogP contribution is -2.32. The highest BCUT2D eigenvalue weighted by Crippen LogP contribution is 2.28. The van der Waals surface area contributed by atoms with Crippen molar-refractivity contribution in [3.8, 4) is 0 Å². The number of carbonyl (C=O) groups is 2. The number of unbranched alkanes of at least 4 members (excludes halogenated alkanes) is 3. The number of amides is 2. The summed E-state index contributed by atoms with van der Waals surface area (Å²) in [4.78, 5) is 25.4. The predicted molar refractivity (Wildman–Crippen MR) is 84.7 cm³/mol. The number of hydrogen-bond donors (Lipinski definition) is 0. The molecule has 0 saturated carbocycles. The van der Waals surface area contributed by atoms with E-state index >= 15 is 0 Å². The van der Waals surface area contributed by atoms with E-state index in [1.165, 1.54) is 23.5 Å². The van der Waals surface area contributed by atoms with Crippen LogP contribution in [0.15, 0.2) is 0 Å². The molecule has 110 valence electrons. The molecule has 5 heteroatoms. The van der Waals surface area contributed by atoms with E-state index in [9.17, 15) is 9.59 Å². The van der Waals surface area contributed by atoms with E-state index in [2.05, 4.69) is 20.1 Å². The zero-order chi connectivity index (χ0) is 14.3. The molecule has 3 nitrogen and oxygen atoms in total. The smallest absolute Gasteiger partial charge is 0.242 e. The van der Waals surface area contributed by atoms with Crippen LogP contribution >= 0.6 is 23.5 Å². The van der Waals surface area contributed by atoms with Crippen LogP contribution < -0.4 is 0 Å². The number of imide groups is 1. The largest absolute Gasteiger partial charge is 0.282 e. The van der Waals surface area contributed by atoms with Crippen LogP contribution in [0.5, 0.6) is 0 Å². The zero-order valence-corrected chi connectivity index (χ0v) is 13.8. The fraction of sp³-hybridized carbons (Fsp3) is 0.857. The molecule has 1 aliphatic rings. The summed E-state index contributed by atoms with van der Waals surface area (Å²) >= 11 is 3.48. The van der Waals surface area contributed by atoms with Gasteiger partial charge in [-0.1, -0.05) is 26.7 Å². The van der Waals surface area contributed by atoms with E-state index in [1.54, 1.807) is 11.8 Å². The van der Waals surface area contributed by atoms with Crippen LogP contribution in [0.1, 0.15) is 46.0 Å². The lowest BCUT2D eigenvalue weighted by atomic mass is 10.2. The Bertz CT molecular complexity index is 308. The molecule has 1 atom stereocenters. The van der Waals surface area contributed by atoms with Crippen LogP contribution in [0, 0.1) is 0 Å². The third-order valence-electron chi connectivity index (χ3n) is 3.12. The molecule has 0 spiro atoms. The van der Waals surface area contributed by atoms with Gasteiger partial charge in [-0.3, -0.25) is 14.5 Å². The van der Waals surface area contributed by atoms with E-state index in [0.29, 0.717) is 18.2 Å². The second kappa shape index (κ2) is 8.90. The molecule has 0 aromatic heterocycles. The van der Waals surface area contributed by atoms with Crippen molar-refractivity contribution in [3.63, 3.8) is 0 Å². The van der Waals surface area contributed by atoms with Gasteiger partial charge in [-0.2, -0.15) is 11.8 Å². The third kappa shape index (κ3) is 5.78. The number of thioether (sulfide) groups is 2. The first kappa shape index (κ1) is 16.9. The molecule has 1 saturated heterocycles. The Balaban J connectivity index is 2.26. The standard InChI is InChI=1S/C14H25NO2S2/c1-11(2)19-12-10-13(16)15(14(12)17)8-6-4-5-7-9-18-3/h11-12H,4-10H2,1-3H3. The Hall–Kier alpha value is -0.160. The molecule has 1 unspecified atom stereocenters.